The van der Waals surface area contributed by atoms with Crippen LogP contribution in [0.5, 0.6) is 0 Å². The van der Waals surface area contributed by atoms with Gasteiger partial charge in [0.15, 0.2) is 0 Å². The molecule has 1 spiro atoms. The molecule has 1 N–H and O–H groups in total. The molecule has 1 saturated carbocycles. The van der Waals surface area contributed by atoms with Crippen LogP contribution in [0.15, 0.2) is 5.16 Å². The molecular formula is C19H30N2O5. The molecule has 0 bridgehead atoms. The first-order valence-corrected chi connectivity index (χ1v) is 9.63. The van der Waals surface area contributed by atoms with Crippen LogP contribution in [0.1, 0.15) is 65.7 Å². The van der Waals surface area contributed by atoms with Gasteiger partial charge in [0, 0.05) is 38.3 Å². The highest BCUT2D eigenvalue weighted by atomic mass is 16.7. The van der Waals surface area contributed by atoms with Crippen molar-refractivity contribution in [2.24, 2.45) is 17.0 Å². The van der Waals surface area contributed by atoms with Crippen molar-refractivity contribution in [1.29, 1.82) is 0 Å². The van der Waals surface area contributed by atoms with Crippen molar-refractivity contribution >= 4 is 17.8 Å². The molecule has 0 aromatic heterocycles. The van der Waals surface area contributed by atoms with Gasteiger partial charge in [0.25, 0.3) is 0 Å². The third kappa shape index (κ3) is 4.30. The standard InChI is InChI=1S/C19H30N2O5/c1-18(2,3)25-17(24)21-10-8-19(9-11-21)12-15(20-26-19)13-4-6-14(7-5-13)16(22)23/h13-14H,4-12H2,1-3H3,(H,22,23). The van der Waals surface area contributed by atoms with Gasteiger partial charge in [-0.1, -0.05) is 5.16 Å². The summed E-state index contributed by atoms with van der Waals surface area (Å²) in [4.78, 5) is 30.9. The van der Waals surface area contributed by atoms with E-state index in [0.29, 0.717) is 19.0 Å². The summed E-state index contributed by atoms with van der Waals surface area (Å²) in [5.41, 5.74) is 0.304. The Balaban J connectivity index is 1.48. The monoisotopic (exact) mass is 366 g/mol. The van der Waals surface area contributed by atoms with Crippen molar-refractivity contribution in [2.45, 2.75) is 76.9 Å². The number of hydrogen-bond acceptors (Lipinski definition) is 5. The van der Waals surface area contributed by atoms with Crippen LogP contribution in [0.2, 0.25) is 0 Å². The maximum atomic E-state index is 12.2. The molecule has 0 radical (unpaired) electrons. The van der Waals surface area contributed by atoms with E-state index in [0.717, 1.165) is 50.7 Å². The van der Waals surface area contributed by atoms with Crippen LogP contribution in [0.3, 0.4) is 0 Å². The lowest BCUT2D eigenvalue weighted by atomic mass is 9.76. The number of ether oxygens (including phenoxy) is 1. The van der Waals surface area contributed by atoms with E-state index in [-0.39, 0.29) is 17.6 Å². The number of carbonyl (C=O) groups is 2. The average molecular weight is 366 g/mol. The quantitative estimate of drug-likeness (QED) is 0.809. The molecule has 0 atom stereocenters. The lowest BCUT2D eigenvalue weighted by Gasteiger charge is -2.38. The van der Waals surface area contributed by atoms with Crippen LogP contribution in [0.4, 0.5) is 4.79 Å². The molecule has 7 heteroatoms. The molecule has 7 nitrogen and oxygen atoms in total. The Hall–Kier alpha value is -1.79. The van der Waals surface area contributed by atoms with Gasteiger partial charge in [-0.15, -0.1) is 0 Å². The lowest BCUT2D eigenvalue weighted by molar-refractivity contribution is -0.142. The van der Waals surface area contributed by atoms with E-state index in [4.69, 9.17) is 14.7 Å². The average Bonchev–Trinajstić information content (AvgIpc) is 2.98. The van der Waals surface area contributed by atoms with E-state index < -0.39 is 11.6 Å². The number of likely N-dealkylation sites (tertiary alicyclic amines) is 1. The highest BCUT2D eigenvalue weighted by molar-refractivity contribution is 5.88. The Morgan fingerprint density at radius 1 is 1.19 bits per heavy atom. The summed E-state index contributed by atoms with van der Waals surface area (Å²) in [5, 5.41) is 13.5. The van der Waals surface area contributed by atoms with Crippen LogP contribution in [-0.4, -0.2) is 52.1 Å². The second-order valence-electron chi connectivity index (χ2n) is 8.89. The minimum Gasteiger partial charge on any atom is -0.481 e. The van der Waals surface area contributed by atoms with Crippen LogP contribution < -0.4 is 0 Å². The third-order valence-electron chi connectivity index (χ3n) is 5.73. The second kappa shape index (κ2) is 7.08. The maximum Gasteiger partial charge on any atom is 0.410 e. The molecule has 0 unspecified atom stereocenters. The number of hydrogen-bond donors (Lipinski definition) is 1. The maximum absolute atomic E-state index is 12.2. The Bertz CT molecular complexity index is 579. The highest BCUT2D eigenvalue weighted by Gasteiger charge is 2.45. The molecule has 2 fully saturated rings. The zero-order valence-corrected chi connectivity index (χ0v) is 16.0. The minimum absolute atomic E-state index is 0.208. The van der Waals surface area contributed by atoms with Gasteiger partial charge >= 0.3 is 12.1 Å². The summed E-state index contributed by atoms with van der Waals surface area (Å²) >= 11 is 0. The zero-order chi connectivity index (χ0) is 18.9. The smallest absolute Gasteiger partial charge is 0.410 e. The molecule has 1 aliphatic carbocycles. The van der Waals surface area contributed by atoms with Gasteiger partial charge in [0.2, 0.25) is 0 Å². The Kier molecular flexibility index (Phi) is 5.17. The van der Waals surface area contributed by atoms with Crippen LogP contribution >= 0.6 is 0 Å². The molecule has 3 aliphatic rings. The van der Waals surface area contributed by atoms with Gasteiger partial charge in [-0.25, -0.2) is 4.79 Å². The molecule has 146 valence electrons. The van der Waals surface area contributed by atoms with Crippen molar-refractivity contribution < 1.29 is 24.3 Å². The zero-order valence-electron chi connectivity index (χ0n) is 16.0. The summed E-state index contributed by atoms with van der Waals surface area (Å²) < 4.78 is 5.44. The normalized spacial score (nSPS) is 28.4. The first-order valence-electron chi connectivity index (χ1n) is 9.63. The second-order valence-corrected chi connectivity index (χ2v) is 8.89. The number of aliphatic carboxylic acids is 1. The number of nitrogens with zero attached hydrogens (tertiary/aromatic N) is 2. The summed E-state index contributed by atoms with van der Waals surface area (Å²) in [6.07, 6.45) is 5.24. The Morgan fingerprint density at radius 3 is 2.35 bits per heavy atom. The van der Waals surface area contributed by atoms with E-state index in [2.05, 4.69) is 5.16 Å². The first kappa shape index (κ1) is 19.0. The SMILES string of the molecule is CC(C)(C)OC(=O)N1CCC2(CC1)CC(C1CCC(C(=O)O)CC1)=NO2. The number of carboxylic acid groups (broad SMARTS) is 1. The highest BCUT2D eigenvalue weighted by Crippen LogP contribution is 2.40. The van der Waals surface area contributed by atoms with E-state index in [1.165, 1.54) is 0 Å². The fourth-order valence-electron chi connectivity index (χ4n) is 4.13. The largest absolute Gasteiger partial charge is 0.481 e. The summed E-state index contributed by atoms with van der Waals surface area (Å²) in [7, 11) is 0. The van der Waals surface area contributed by atoms with Crippen molar-refractivity contribution in [1.82, 2.24) is 4.90 Å². The van der Waals surface area contributed by atoms with Crippen LogP contribution in [0.25, 0.3) is 0 Å². The third-order valence-corrected chi connectivity index (χ3v) is 5.73. The van der Waals surface area contributed by atoms with Crippen molar-refractivity contribution in [2.75, 3.05) is 13.1 Å². The van der Waals surface area contributed by atoms with Gasteiger partial charge in [0.05, 0.1) is 11.6 Å². The first-order chi connectivity index (χ1) is 12.2. The van der Waals surface area contributed by atoms with Gasteiger partial charge in [-0.2, -0.15) is 0 Å². The lowest BCUT2D eigenvalue weighted by Crippen LogP contribution is -2.48. The summed E-state index contributed by atoms with van der Waals surface area (Å²) in [5.74, 6) is -0.548. The molecule has 2 heterocycles. The van der Waals surface area contributed by atoms with Gasteiger partial charge in [-0.05, 0) is 46.5 Å². The molecular weight excluding hydrogens is 336 g/mol. The number of rotatable bonds is 2. The summed E-state index contributed by atoms with van der Waals surface area (Å²) in [6, 6.07) is 0. The summed E-state index contributed by atoms with van der Waals surface area (Å²) in [6.45, 7) is 6.84. The Labute approximate surface area is 154 Å². The van der Waals surface area contributed by atoms with Crippen molar-refractivity contribution in [3.8, 4) is 0 Å². The van der Waals surface area contributed by atoms with Crippen LogP contribution in [-0.2, 0) is 14.4 Å². The topological polar surface area (TPSA) is 88.4 Å². The molecule has 1 amide bonds. The molecule has 1 saturated heterocycles. The van der Waals surface area contributed by atoms with E-state index in [1.54, 1.807) is 4.90 Å². The van der Waals surface area contributed by atoms with Gasteiger partial charge in [-0.3, -0.25) is 4.79 Å². The molecule has 3 rings (SSSR count). The predicted molar refractivity (Wildman–Crippen MR) is 96.0 cm³/mol. The molecule has 0 aromatic rings. The van der Waals surface area contributed by atoms with E-state index in [1.807, 2.05) is 20.8 Å². The van der Waals surface area contributed by atoms with Gasteiger partial charge < -0.3 is 19.6 Å². The molecule has 0 aromatic carbocycles. The van der Waals surface area contributed by atoms with Gasteiger partial charge in [0.1, 0.15) is 11.2 Å². The predicted octanol–water partition coefficient (Wildman–Crippen LogP) is 3.42. The number of carbonyl (C=O) groups excluding carboxylic acids is 1. The fourth-order valence-corrected chi connectivity index (χ4v) is 4.13. The fraction of sp³-hybridized carbons (Fsp3) is 0.842. The molecule has 2 aliphatic heterocycles. The number of piperidine rings is 1. The van der Waals surface area contributed by atoms with E-state index >= 15 is 0 Å². The molecule has 26 heavy (non-hydrogen) atoms. The number of carboxylic acids is 1. The number of amides is 1. The van der Waals surface area contributed by atoms with E-state index in [9.17, 15) is 9.59 Å². The van der Waals surface area contributed by atoms with Crippen molar-refractivity contribution in [3.63, 3.8) is 0 Å². The number of oxime groups is 1. The van der Waals surface area contributed by atoms with Crippen LogP contribution in [0, 0.1) is 11.8 Å². The minimum atomic E-state index is -0.681. The van der Waals surface area contributed by atoms with Crippen molar-refractivity contribution in [3.05, 3.63) is 0 Å². The Morgan fingerprint density at radius 2 is 1.81 bits per heavy atom.